The molecule has 1 fully saturated rings. The highest BCUT2D eigenvalue weighted by atomic mass is 79.9. The van der Waals surface area contributed by atoms with Gasteiger partial charge >= 0.3 is 0 Å². The van der Waals surface area contributed by atoms with Crippen molar-refractivity contribution < 1.29 is 9.53 Å². The van der Waals surface area contributed by atoms with Crippen molar-refractivity contribution in [2.75, 3.05) is 26.8 Å². The van der Waals surface area contributed by atoms with Crippen LogP contribution < -0.4 is 0 Å². The number of rotatable bonds is 5. The van der Waals surface area contributed by atoms with E-state index in [4.69, 9.17) is 4.74 Å². The monoisotopic (exact) mass is 339 g/mol. The molecule has 1 aromatic carbocycles. The summed E-state index contributed by atoms with van der Waals surface area (Å²) in [5, 5.41) is 0. The molecule has 1 aromatic rings. The third-order valence-corrected chi connectivity index (χ3v) is 4.44. The summed E-state index contributed by atoms with van der Waals surface area (Å²) in [6.45, 7) is 2.58. The lowest BCUT2D eigenvalue weighted by atomic mass is 9.97. The Morgan fingerprint density at radius 2 is 1.95 bits per heavy atom. The van der Waals surface area contributed by atoms with Gasteiger partial charge in [0.2, 0.25) is 5.91 Å². The Morgan fingerprint density at radius 3 is 2.55 bits per heavy atom. The van der Waals surface area contributed by atoms with Gasteiger partial charge in [0, 0.05) is 37.7 Å². The molecular weight excluding hydrogens is 318 g/mol. The Hall–Kier alpha value is -0.870. The fourth-order valence-corrected chi connectivity index (χ4v) is 2.91. The molecule has 0 N–H and O–H groups in total. The van der Waals surface area contributed by atoms with E-state index in [-0.39, 0.29) is 5.91 Å². The minimum absolute atomic E-state index is 0.281. The van der Waals surface area contributed by atoms with Crippen molar-refractivity contribution in [1.82, 2.24) is 4.90 Å². The van der Waals surface area contributed by atoms with E-state index in [2.05, 4.69) is 28.1 Å². The van der Waals surface area contributed by atoms with E-state index in [1.54, 1.807) is 7.11 Å². The van der Waals surface area contributed by atoms with E-state index in [1.165, 1.54) is 5.56 Å². The van der Waals surface area contributed by atoms with E-state index in [0.29, 0.717) is 12.3 Å². The fraction of sp³-hybridized carbons (Fsp3) is 0.562. The number of carbonyl (C=O) groups excluding carboxylic acids is 1. The molecule has 3 nitrogen and oxygen atoms in total. The van der Waals surface area contributed by atoms with Gasteiger partial charge in [-0.05, 0) is 42.9 Å². The SMILES string of the molecule is COCC1CCN(C(=O)CCc2ccc(Br)cc2)CC1. The molecule has 1 aliphatic rings. The fourth-order valence-electron chi connectivity index (χ4n) is 2.65. The summed E-state index contributed by atoms with van der Waals surface area (Å²) in [5.41, 5.74) is 1.22. The summed E-state index contributed by atoms with van der Waals surface area (Å²) in [5.74, 6) is 0.902. The first-order valence-corrected chi connectivity index (χ1v) is 7.99. The summed E-state index contributed by atoms with van der Waals surface area (Å²) in [6, 6.07) is 8.19. The molecule has 1 amide bonds. The van der Waals surface area contributed by atoms with Crippen molar-refractivity contribution >= 4 is 21.8 Å². The second kappa shape index (κ2) is 7.79. The number of likely N-dealkylation sites (tertiary alicyclic amines) is 1. The molecule has 0 aliphatic carbocycles. The number of halogens is 1. The maximum Gasteiger partial charge on any atom is 0.222 e. The van der Waals surface area contributed by atoms with E-state index in [1.807, 2.05) is 17.0 Å². The molecule has 0 bridgehead atoms. The van der Waals surface area contributed by atoms with Crippen LogP contribution in [0.15, 0.2) is 28.7 Å². The third-order valence-electron chi connectivity index (χ3n) is 3.91. The van der Waals surface area contributed by atoms with Crippen molar-refractivity contribution in [2.24, 2.45) is 5.92 Å². The zero-order valence-corrected chi connectivity index (χ0v) is 13.6. The van der Waals surface area contributed by atoms with Gasteiger partial charge < -0.3 is 9.64 Å². The Labute approximate surface area is 129 Å². The number of aryl methyl sites for hydroxylation is 1. The highest BCUT2D eigenvalue weighted by Gasteiger charge is 2.22. The summed E-state index contributed by atoms with van der Waals surface area (Å²) >= 11 is 3.42. The summed E-state index contributed by atoms with van der Waals surface area (Å²) in [7, 11) is 1.75. The van der Waals surface area contributed by atoms with Crippen LogP contribution in [-0.2, 0) is 16.0 Å². The Balaban J connectivity index is 1.74. The topological polar surface area (TPSA) is 29.5 Å². The lowest BCUT2D eigenvalue weighted by Gasteiger charge is -2.31. The van der Waals surface area contributed by atoms with Crippen molar-refractivity contribution in [2.45, 2.75) is 25.7 Å². The number of carbonyl (C=O) groups is 1. The first-order chi connectivity index (χ1) is 9.69. The molecular formula is C16H22BrNO2. The van der Waals surface area contributed by atoms with Gasteiger partial charge in [0.25, 0.3) is 0 Å². The predicted octanol–water partition coefficient (Wildman–Crippen LogP) is 3.27. The maximum atomic E-state index is 12.2. The highest BCUT2D eigenvalue weighted by molar-refractivity contribution is 9.10. The van der Waals surface area contributed by atoms with Crippen LogP contribution in [0.1, 0.15) is 24.8 Å². The van der Waals surface area contributed by atoms with Crippen LogP contribution in [-0.4, -0.2) is 37.6 Å². The molecule has 110 valence electrons. The van der Waals surface area contributed by atoms with Gasteiger partial charge in [-0.3, -0.25) is 4.79 Å². The molecule has 2 rings (SSSR count). The van der Waals surface area contributed by atoms with Crippen molar-refractivity contribution in [3.8, 4) is 0 Å². The second-order valence-corrected chi connectivity index (χ2v) is 6.32. The maximum absolute atomic E-state index is 12.2. The average Bonchev–Trinajstić information content (AvgIpc) is 2.47. The minimum Gasteiger partial charge on any atom is -0.384 e. The number of hydrogen-bond acceptors (Lipinski definition) is 2. The van der Waals surface area contributed by atoms with Crippen molar-refractivity contribution in [3.63, 3.8) is 0 Å². The third kappa shape index (κ3) is 4.60. The van der Waals surface area contributed by atoms with E-state index < -0.39 is 0 Å². The van der Waals surface area contributed by atoms with Gasteiger partial charge in [0.1, 0.15) is 0 Å². The van der Waals surface area contributed by atoms with Crippen LogP contribution in [0.25, 0.3) is 0 Å². The molecule has 20 heavy (non-hydrogen) atoms. The van der Waals surface area contributed by atoms with Crippen molar-refractivity contribution in [1.29, 1.82) is 0 Å². The largest absolute Gasteiger partial charge is 0.384 e. The zero-order valence-electron chi connectivity index (χ0n) is 12.0. The van der Waals surface area contributed by atoms with Gasteiger partial charge in [0.15, 0.2) is 0 Å². The summed E-state index contributed by atoms with van der Waals surface area (Å²) in [6.07, 6.45) is 3.57. The van der Waals surface area contributed by atoms with Crippen LogP contribution in [0.3, 0.4) is 0 Å². The number of ether oxygens (including phenoxy) is 1. The van der Waals surface area contributed by atoms with Gasteiger partial charge in [-0.15, -0.1) is 0 Å². The van der Waals surface area contributed by atoms with Gasteiger partial charge in [-0.1, -0.05) is 28.1 Å². The van der Waals surface area contributed by atoms with E-state index >= 15 is 0 Å². The van der Waals surface area contributed by atoms with Gasteiger partial charge in [0.05, 0.1) is 0 Å². The Morgan fingerprint density at radius 1 is 1.30 bits per heavy atom. The van der Waals surface area contributed by atoms with Gasteiger partial charge in [-0.2, -0.15) is 0 Å². The molecule has 1 aliphatic heterocycles. The molecule has 0 aromatic heterocycles. The number of nitrogens with zero attached hydrogens (tertiary/aromatic N) is 1. The lowest BCUT2D eigenvalue weighted by molar-refractivity contribution is -0.132. The molecule has 0 spiro atoms. The van der Waals surface area contributed by atoms with Crippen LogP contribution in [0.4, 0.5) is 0 Å². The second-order valence-electron chi connectivity index (χ2n) is 5.41. The molecule has 0 radical (unpaired) electrons. The van der Waals surface area contributed by atoms with E-state index in [0.717, 1.165) is 43.4 Å². The van der Waals surface area contributed by atoms with Crippen LogP contribution in [0.5, 0.6) is 0 Å². The van der Waals surface area contributed by atoms with Crippen LogP contribution in [0, 0.1) is 5.92 Å². The average molecular weight is 340 g/mol. The molecule has 0 unspecified atom stereocenters. The van der Waals surface area contributed by atoms with Crippen molar-refractivity contribution in [3.05, 3.63) is 34.3 Å². The number of methoxy groups -OCH3 is 1. The number of hydrogen-bond donors (Lipinski definition) is 0. The van der Waals surface area contributed by atoms with Crippen LogP contribution in [0.2, 0.25) is 0 Å². The summed E-state index contributed by atoms with van der Waals surface area (Å²) < 4.78 is 6.26. The lowest BCUT2D eigenvalue weighted by Crippen LogP contribution is -2.39. The molecule has 4 heteroatoms. The predicted molar refractivity (Wildman–Crippen MR) is 83.6 cm³/mol. The smallest absolute Gasteiger partial charge is 0.222 e. The quantitative estimate of drug-likeness (QED) is 0.823. The zero-order chi connectivity index (χ0) is 14.4. The summed E-state index contributed by atoms with van der Waals surface area (Å²) in [4.78, 5) is 14.2. The first kappa shape index (κ1) is 15.5. The first-order valence-electron chi connectivity index (χ1n) is 7.20. The van der Waals surface area contributed by atoms with E-state index in [9.17, 15) is 4.79 Å². The molecule has 0 atom stereocenters. The number of amides is 1. The molecule has 1 heterocycles. The van der Waals surface area contributed by atoms with Crippen LogP contribution >= 0.6 is 15.9 Å². The minimum atomic E-state index is 0.281. The van der Waals surface area contributed by atoms with Gasteiger partial charge in [-0.25, -0.2) is 0 Å². The standard InChI is InChI=1S/C16H22BrNO2/c1-20-12-14-8-10-18(11-9-14)16(19)7-4-13-2-5-15(17)6-3-13/h2-3,5-6,14H,4,7-12H2,1H3. The Kier molecular flexibility index (Phi) is 6.05. The highest BCUT2D eigenvalue weighted by Crippen LogP contribution is 2.18. The number of piperidine rings is 1. The normalized spacial score (nSPS) is 16.4. The Bertz CT molecular complexity index is 425. The number of benzene rings is 1. The molecule has 1 saturated heterocycles. The molecule has 0 saturated carbocycles.